The lowest BCUT2D eigenvalue weighted by molar-refractivity contribution is -0.137. The van der Waals surface area contributed by atoms with Gasteiger partial charge in [0.05, 0.1) is 6.61 Å². The van der Waals surface area contributed by atoms with Gasteiger partial charge < -0.3 is 9.64 Å². The molecule has 2 aliphatic heterocycles. The molecular formula is C10H15NO2. The molecule has 0 aliphatic carbocycles. The van der Waals surface area contributed by atoms with E-state index in [2.05, 4.69) is 0 Å². The van der Waals surface area contributed by atoms with E-state index in [0.717, 1.165) is 38.0 Å². The van der Waals surface area contributed by atoms with Gasteiger partial charge in [0.25, 0.3) is 0 Å². The molecule has 0 aromatic rings. The second-order valence-electron chi connectivity index (χ2n) is 3.74. The number of carbonyl (C=O) groups excluding carboxylic acids is 1. The Morgan fingerprint density at radius 2 is 2.46 bits per heavy atom. The largest absolute Gasteiger partial charge is 0.358 e. The van der Waals surface area contributed by atoms with Crippen molar-refractivity contribution in [1.82, 2.24) is 4.90 Å². The second kappa shape index (κ2) is 3.50. The van der Waals surface area contributed by atoms with Gasteiger partial charge in [-0.2, -0.15) is 0 Å². The summed E-state index contributed by atoms with van der Waals surface area (Å²) in [5.74, 6) is 0.125. The maximum absolute atomic E-state index is 11.6. The number of nitrogens with zero attached hydrogens (tertiary/aromatic N) is 1. The van der Waals surface area contributed by atoms with Gasteiger partial charge in [0.1, 0.15) is 6.23 Å². The molecule has 0 radical (unpaired) electrons. The van der Waals surface area contributed by atoms with Crippen LogP contribution in [0.2, 0.25) is 0 Å². The van der Waals surface area contributed by atoms with Gasteiger partial charge in [-0.05, 0) is 26.2 Å². The van der Waals surface area contributed by atoms with Crippen molar-refractivity contribution in [2.45, 2.75) is 32.4 Å². The van der Waals surface area contributed by atoms with Gasteiger partial charge in [-0.25, -0.2) is 0 Å². The predicted molar refractivity (Wildman–Crippen MR) is 49.1 cm³/mol. The summed E-state index contributed by atoms with van der Waals surface area (Å²) >= 11 is 0. The van der Waals surface area contributed by atoms with Crippen molar-refractivity contribution in [2.24, 2.45) is 0 Å². The van der Waals surface area contributed by atoms with E-state index in [9.17, 15) is 4.79 Å². The molecule has 1 fully saturated rings. The smallest absolute Gasteiger partial charge is 0.248 e. The standard InChI is InChI=1S/C10H15NO2/c1-8-4-6-13-10-3-2-5-11(10)9(12)7-8/h7,10H,2-6H2,1H3/t10-/m0/s1. The summed E-state index contributed by atoms with van der Waals surface area (Å²) in [6.07, 6.45) is 4.76. The Bertz CT molecular complexity index is 247. The topological polar surface area (TPSA) is 29.5 Å². The zero-order valence-corrected chi connectivity index (χ0v) is 7.95. The monoisotopic (exact) mass is 181 g/mol. The quantitative estimate of drug-likeness (QED) is 0.563. The Morgan fingerprint density at radius 3 is 3.31 bits per heavy atom. The Hall–Kier alpha value is -0.830. The van der Waals surface area contributed by atoms with Crippen LogP contribution in [0.5, 0.6) is 0 Å². The summed E-state index contributed by atoms with van der Waals surface area (Å²) in [6, 6.07) is 0. The van der Waals surface area contributed by atoms with Gasteiger partial charge in [-0.1, -0.05) is 5.57 Å². The number of fused-ring (bicyclic) bond motifs is 1. The SMILES string of the molecule is CC1=CC(=O)N2CCC[C@@H]2OCC1. The highest BCUT2D eigenvalue weighted by Crippen LogP contribution is 2.21. The summed E-state index contributed by atoms with van der Waals surface area (Å²) in [4.78, 5) is 13.5. The van der Waals surface area contributed by atoms with Gasteiger partial charge in [-0.3, -0.25) is 4.79 Å². The van der Waals surface area contributed by atoms with Crippen LogP contribution in [-0.2, 0) is 9.53 Å². The third-order valence-corrected chi connectivity index (χ3v) is 2.66. The van der Waals surface area contributed by atoms with Gasteiger partial charge in [0.2, 0.25) is 5.91 Å². The molecule has 2 aliphatic rings. The average Bonchev–Trinajstić information content (AvgIpc) is 2.49. The van der Waals surface area contributed by atoms with E-state index in [1.807, 2.05) is 11.8 Å². The molecule has 0 spiro atoms. The molecule has 0 saturated carbocycles. The van der Waals surface area contributed by atoms with Crippen LogP contribution in [0.15, 0.2) is 11.6 Å². The minimum atomic E-state index is 0.0526. The van der Waals surface area contributed by atoms with Crippen LogP contribution in [-0.4, -0.2) is 30.2 Å². The summed E-state index contributed by atoms with van der Waals surface area (Å²) in [5.41, 5.74) is 1.12. The van der Waals surface area contributed by atoms with Crippen molar-refractivity contribution < 1.29 is 9.53 Å². The van der Waals surface area contributed by atoms with Crippen molar-refractivity contribution in [3.63, 3.8) is 0 Å². The highest BCUT2D eigenvalue weighted by atomic mass is 16.5. The third kappa shape index (κ3) is 1.75. The van der Waals surface area contributed by atoms with Crippen LogP contribution >= 0.6 is 0 Å². The van der Waals surface area contributed by atoms with Crippen LogP contribution < -0.4 is 0 Å². The molecule has 2 heterocycles. The summed E-state index contributed by atoms with van der Waals surface area (Å²) in [5, 5.41) is 0. The minimum Gasteiger partial charge on any atom is -0.358 e. The highest BCUT2D eigenvalue weighted by molar-refractivity contribution is 5.88. The van der Waals surface area contributed by atoms with Gasteiger partial charge >= 0.3 is 0 Å². The fourth-order valence-electron chi connectivity index (χ4n) is 1.88. The molecule has 1 amide bonds. The number of ether oxygens (including phenoxy) is 1. The first-order valence-corrected chi connectivity index (χ1v) is 4.87. The molecule has 0 bridgehead atoms. The van der Waals surface area contributed by atoms with E-state index < -0.39 is 0 Å². The molecule has 0 aromatic heterocycles. The Morgan fingerprint density at radius 1 is 1.62 bits per heavy atom. The lowest BCUT2D eigenvalue weighted by atomic mass is 10.2. The first-order valence-electron chi connectivity index (χ1n) is 4.87. The zero-order valence-electron chi connectivity index (χ0n) is 7.95. The molecule has 3 heteroatoms. The molecule has 0 aromatic carbocycles. The van der Waals surface area contributed by atoms with Crippen LogP contribution in [0.4, 0.5) is 0 Å². The third-order valence-electron chi connectivity index (χ3n) is 2.66. The maximum Gasteiger partial charge on any atom is 0.248 e. The summed E-state index contributed by atoms with van der Waals surface area (Å²) < 4.78 is 5.61. The summed E-state index contributed by atoms with van der Waals surface area (Å²) in [6.45, 7) is 3.59. The zero-order chi connectivity index (χ0) is 9.26. The van der Waals surface area contributed by atoms with E-state index in [0.29, 0.717) is 0 Å². The van der Waals surface area contributed by atoms with Crippen molar-refractivity contribution in [3.05, 3.63) is 11.6 Å². The van der Waals surface area contributed by atoms with Crippen molar-refractivity contribution in [3.8, 4) is 0 Å². The lowest BCUT2D eigenvalue weighted by Crippen LogP contribution is -2.37. The average molecular weight is 181 g/mol. The Balaban J connectivity index is 2.17. The van der Waals surface area contributed by atoms with E-state index in [4.69, 9.17) is 4.74 Å². The number of carbonyl (C=O) groups is 1. The number of rotatable bonds is 0. The lowest BCUT2D eigenvalue weighted by Gasteiger charge is -2.25. The molecule has 3 nitrogen and oxygen atoms in total. The molecule has 1 atom stereocenters. The normalized spacial score (nSPS) is 29.3. The number of hydrogen-bond donors (Lipinski definition) is 0. The van der Waals surface area contributed by atoms with Crippen molar-refractivity contribution in [2.75, 3.05) is 13.2 Å². The van der Waals surface area contributed by atoms with Crippen LogP contribution in [0.1, 0.15) is 26.2 Å². The van der Waals surface area contributed by atoms with Crippen LogP contribution in [0.25, 0.3) is 0 Å². The molecule has 1 saturated heterocycles. The van der Waals surface area contributed by atoms with Crippen LogP contribution in [0.3, 0.4) is 0 Å². The number of amides is 1. The highest BCUT2D eigenvalue weighted by Gasteiger charge is 2.29. The van der Waals surface area contributed by atoms with E-state index in [1.54, 1.807) is 6.08 Å². The Kier molecular flexibility index (Phi) is 2.36. The fourth-order valence-corrected chi connectivity index (χ4v) is 1.88. The summed E-state index contributed by atoms with van der Waals surface area (Å²) in [7, 11) is 0. The fraction of sp³-hybridized carbons (Fsp3) is 0.700. The van der Waals surface area contributed by atoms with Gasteiger partial charge in [0, 0.05) is 12.6 Å². The molecule has 72 valence electrons. The molecule has 2 rings (SSSR count). The van der Waals surface area contributed by atoms with E-state index >= 15 is 0 Å². The molecule has 13 heavy (non-hydrogen) atoms. The second-order valence-corrected chi connectivity index (χ2v) is 3.74. The minimum absolute atomic E-state index is 0.0526. The first-order chi connectivity index (χ1) is 6.27. The van der Waals surface area contributed by atoms with Crippen LogP contribution in [0, 0.1) is 0 Å². The van der Waals surface area contributed by atoms with Crippen molar-refractivity contribution >= 4 is 5.91 Å². The Labute approximate surface area is 78.4 Å². The molecular weight excluding hydrogens is 166 g/mol. The van der Waals surface area contributed by atoms with Gasteiger partial charge in [0.15, 0.2) is 0 Å². The van der Waals surface area contributed by atoms with Crippen molar-refractivity contribution in [1.29, 1.82) is 0 Å². The maximum atomic E-state index is 11.6. The molecule has 0 unspecified atom stereocenters. The predicted octanol–water partition coefficient (Wildman–Crippen LogP) is 1.30. The molecule has 0 N–H and O–H groups in total. The van der Waals surface area contributed by atoms with E-state index in [-0.39, 0.29) is 12.1 Å². The number of hydrogen-bond acceptors (Lipinski definition) is 2. The van der Waals surface area contributed by atoms with E-state index in [1.165, 1.54) is 0 Å². The first kappa shape index (κ1) is 8.75. The van der Waals surface area contributed by atoms with Gasteiger partial charge in [-0.15, -0.1) is 0 Å².